The maximum atomic E-state index is 14.2. The molecule has 0 amide bonds. The number of benzene rings is 2. The average molecular weight is 308 g/mol. The molecule has 3 aromatic rings. The SMILES string of the molecule is O=c1ccc2cc(-c3ccc(Cl)cc3Cl)c(F)cc2[nH]1. The van der Waals surface area contributed by atoms with Crippen LogP contribution in [0.5, 0.6) is 0 Å². The first-order chi connectivity index (χ1) is 9.54. The molecule has 2 nitrogen and oxygen atoms in total. The highest BCUT2D eigenvalue weighted by Crippen LogP contribution is 2.33. The molecule has 1 aromatic heterocycles. The Morgan fingerprint density at radius 2 is 1.75 bits per heavy atom. The number of aromatic nitrogens is 1. The number of rotatable bonds is 1. The lowest BCUT2D eigenvalue weighted by Gasteiger charge is -2.08. The standard InChI is InChI=1S/C15H8Cl2FNO/c16-9-2-3-10(12(17)6-9)11-5-8-1-4-15(20)19-14(8)7-13(11)18/h1-7H,(H,19,20). The zero-order valence-electron chi connectivity index (χ0n) is 10.1. The minimum Gasteiger partial charge on any atom is -0.322 e. The maximum Gasteiger partial charge on any atom is 0.248 e. The van der Waals surface area contributed by atoms with Crippen molar-refractivity contribution in [2.45, 2.75) is 0 Å². The highest BCUT2D eigenvalue weighted by Gasteiger charge is 2.11. The van der Waals surface area contributed by atoms with E-state index in [1.165, 1.54) is 12.1 Å². The molecule has 2 aromatic carbocycles. The van der Waals surface area contributed by atoms with Gasteiger partial charge in [0.2, 0.25) is 5.56 Å². The molecule has 20 heavy (non-hydrogen) atoms. The van der Waals surface area contributed by atoms with Crippen LogP contribution in [0.15, 0.2) is 47.3 Å². The van der Waals surface area contributed by atoms with Crippen LogP contribution in [0, 0.1) is 5.82 Å². The quantitative estimate of drug-likeness (QED) is 0.698. The van der Waals surface area contributed by atoms with Crippen LogP contribution in [0.1, 0.15) is 0 Å². The molecule has 0 saturated carbocycles. The van der Waals surface area contributed by atoms with Crippen LogP contribution in [0.25, 0.3) is 22.0 Å². The number of fused-ring (bicyclic) bond motifs is 1. The molecule has 0 atom stereocenters. The Morgan fingerprint density at radius 3 is 2.50 bits per heavy atom. The van der Waals surface area contributed by atoms with Crippen molar-refractivity contribution in [3.63, 3.8) is 0 Å². The van der Waals surface area contributed by atoms with Gasteiger partial charge >= 0.3 is 0 Å². The Hall–Kier alpha value is -1.84. The van der Waals surface area contributed by atoms with Gasteiger partial charge in [0.05, 0.1) is 5.52 Å². The third kappa shape index (κ3) is 2.30. The summed E-state index contributed by atoms with van der Waals surface area (Å²) in [4.78, 5) is 13.8. The monoisotopic (exact) mass is 307 g/mol. The second-order valence-electron chi connectivity index (χ2n) is 4.37. The summed E-state index contributed by atoms with van der Waals surface area (Å²) in [5.74, 6) is -0.455. The fourth-order valence-corrected chi connectivity index (χ4v) is 2.60. The van der Waals surface area contributed by atoms with Gasteiger partial charge in [-0.1, -0.05) is 29.3 Å². The van der Waals surface area contributed by atoms with Gasteiger partial charge in [0.25, 0.3) is 0 Å². The summed E-state index contributed by atoms with van der Waals surface area (Å²) >= 11 is 11.9. The van der Waals surface area contributed by atoms with Gasteiger partial charge in [-0.05, 0) is 35.7 Å². The minimum absolute atomic E-state index is 0.269. The first kappa shape index (κ1) is 13.2. The molecule has 5 heteroatoms. The van der Waals surface area contributed by atoms with Crippen molar-refractivity contribution < 1.29 is 4.39 Å². The van der Waals surface area contributed by atoms with Crippen LogP contribution in [0.4, 0.5) is 4.39 Å². The summed E-state index contributed by atoms with van der Waals surface area (Å²) in [5.41, 5.74) is 1.10. The number of pyridine rings is 1. The van der Waals surface area contributed by atoms with Crippen LogP contribution >= 0.6 is 23.2 Å². The molecule has 0 aliphatic carbocycles. The lowest BCUT2D eigenvalue weighted by Crippen LogP contribution is -2.02. The Kier molecular flexibility index (Phi) is 3.24. The average Bonchev–Trinajstić information content (AvgIpc) is 2.38. The van der Waals surface area contributed by atoms with Crippen LogP contribution < -0.4 is 5.56 Å². The predicted molar refractivity (Wildman–Crippen MR) is 80.0 cm³/mol. The van der Waals surface area contributed by atoms with Crippen LogP contribution in [0.3, 0.4) is 0 Å². The molecule has 0 saturated heterocycles. The molecule has 0 radical (unpaired) electrons. The fourth-order valence-electron chi connectivity index (χ4n) is 2.09. The second kappa shape index (κ2) is 4.93. The summed E-state index contributed by atoms with van der Waals surface area (Å²) in [6.45, 7) is 0. The van der Waals surface area contributed by atoms with Gasteiger partial charge < -0.3 is 4.98 Å². The summed E-state index contributed by atoms with van der Waals surface area (Å²) < 4.78 is 14.2. The van der Waals surface area contributed by atoms with E-state index in [-0.39, 0.29) is 5.56 Å². The van der Waals surface area contributed by atoms with Gasteiger partial charge in [-0.15, -0.1) is 0 Å². The topological polar surface area (TPSA) is 32.9 Å². The minimum atomic E-state index is -0.455. The maximum absolute atomic E-state index is 14.2. The lowest BCUT2D eigenvalue weighted by atomic mass is 10.0. The largest absolute Gasteiger partial charge is 0.322 e. The van der Waals surface area contributed by atoms with Crippen molar-refractivity contribution in [2.24, 2.45) is 0 Å². The van der Waals surface area contributed by atoms with E-state index >= 15 is 0 Å². The third-order valence-electron chi connectivity index (χ3n) is 3.03. The van der Waals surface area contributed by atoms with Gasteiger partial charge in [0.1, 0.15) is 5.82 Å². The van der Waals surface area contributed by atoms with Crippen molar-refractivity contribution in [2.75, 3.05) is 0 Å². The van der Waals surface area contributed by atoms with Crippen LogP contribution in [-0.2, 0) is 0 Å². The summed E-state index contributed by atoms with van der Waals surface area (Å²) in [7, 11) is 0. The molecule has 0 bridgehead atoms. The molecule has 100 valence electrons. The highest BCUT2D eigenvalue weighted by atomic mass is 35.5. The molecule has 0 spiro atoms. The Morgan fingerprint density at radius 1 is 0.950 bits per heavy atom. The van der Waals surface area contributed by atoms with Crippen molar-refractivity contribution >= 4 is 34.1 Å². The molecule has 0 aliphatic rings. The number of nitrogens with one attached hydrogen (secondary N) is 1. The molecule has 1 heterocycles. The van der Waals surface area contributed by atoms with Crippen molar-refractivity contribution in [1.29, 1.82) is 0 Å². The molecule has 3 rings (SSSR count). The van der Waals surface area contributed by atoms with E-state index < -0.39 is 5.82 Å². The molecular formula is C15H8Cl2FNO. The van der Waals surface area contributed by atoms with Gasteiger partial charge in [0.15, 0.2) is 0 Å². The van der Waals surface area contributed by atoms with Gasteiger partial charge in [0, 0.05) is 27.2 Å². The highest BCUT2D eigenvalue weighted by molar-refractivity contribution is 6.36. The third-order valence-corrected chi connectivity index (χ3v) is 3.58. The molecular weight excluding hydrogens is 300 g/mol. The Bertz CT molecular complexity index is 873. The summed E-state index contributed by atoms with van der Waals surface area (Å²) in [5, 5.41) is 1.59. The van der Waals surface area contributed by atoms with E-state index in [4.69, 9.17) is 23.2 Å². The normalized spacial score (nSPS) is 10.9. The first-order valence-electron chi connectivity index (χ1n) is 5.82. The van der Waals surface area contributed by atoms with Gasteiger partial charge in [-0.25, -0.2) is 4.39 Å². The second-order valence-corrected chi connectivity index (χ2v) is 5.21. The molecule has 1 N–H and O–H groups in total. The lowest BCUT2D eigenvalue weighted by molar-refractivity contribution is 0.633. The molecule has 0 aliphatic heterocycles. The smallest absolute Gasteiger partial charge is 0.248 e. The Balaban J connectivity index is 2.28. The van der Waals surface area contributed by atoms with E-state index in [1.54, 1.807) is 30.3 Å². The zero-order valence-corrected chi connectivity index (χ0v) is 11.6. The van der Waals surface area contributed by atoms with Crippen LogP contribution in [-0.4, -0.2) is 4.98 Å². The van der Waals surface area contributed by atoms with Crippen molar-refractivity contribution in [3.8, 4) is 11.1 Å². The van der Waals surface area contributed by atoms with Gasteiger partial charge in [-0.2, -0.15) is 0 Å². The van der Waals surface area contributed by atoms with Gasteiger partial charge in [-0.3, -0.25) is 4.79 Å². The van der Waals surface area contributed by atoms with E-state index in [9.17, 15) is 9.18 Å². The van der Waals surface area contributed by atoms with E-state index in [0.717, 1.165) is 5.39 Å². The predicted octanol–water partition coefficient (Wildman–Crippen LogP) is 4.64. The fraction of sp³-hybridized carbons (Fsp3) is 0. The Labute approximate surface area is 123 Å². The van der Waals surface area contributed by atoms with E-state index in [0.29, 0.717) is 26.7 Å². The summed E-state index contributed by atoms with van der Waals surface area (Å²) in [6.07, 6.45) is 0. The zero-order chi connectivity index (χ0) is 14.3. The summed E-state index contributed by atoms with van der Waals surface area (Å²) in [6, 6.07) is 10.9. The van der Waals surface area contributed by atoms with Crippen molar-refractivity contribution in [3.05, 3.63) is 68.7 Å². The molecule has 0 fully saturated rings. The number of hydrogen-bond acceptors (Lipinski definition) is 1. The van der Waals surface area contributed by atoms with E-state index in [2.05, 4.69) is 4.98 Å². The number of hydrogen-bond donors (Lipinski definition) is 1. The number of aromatic amines is 1. The number of H-pyrrole nitrogens is 1. The van der Waals surface area contributed by atoms with Crippen molar-refractivity contribution in [1.82, 2.24) is 4.98 Å². The number of halogens is 3. The van der Waals surface area contributed by atoms with E-state index in [1.807, 2.05) is 0 Å². The molecule has 0 unspecified atom stereocenters. The first-order valence-corrected chi connectivity index (χ1v) is 6.58. The van der Waals surface area contributed by atoms with Crippen LogP contribution in [0.2, 0.25) is 10.0 Å².